The molecule has 192 valence electrons. The Morgan fingerprint density at radius 1 is 0.947 bits per heavy atom. The first-order valence-corrected chi connectivity index (χ1v) is 13.6. The monoisotopic (exact) mass is 525 g/mol. The molecule has 0 aliphatic heterocycles. The molecule has 0 aliphatic rings. The molecule has 8 heteroatoms. The van der Waals surface area contributed by atoms with Gasteiger partial charge in [-0.15, -0.1) is 0 Å². The standard InChI is InChI=1S/C30H27N3O4S/c1-21-7-3-6-10-29(21)38(35,36)32-30(34)24-12-11-23(28(18-24)37-2)17-25-20-33(19-22-13-15-31-16-14-22)27-9-5-4-8-26(25)27/h3-16,18,20H,17,19H2,1-2H3,(H,32,34). The van der Waals surface area contributed by atoms with Crippen LogP contribution in [0.5, 0.6) is 5.75 Å². The molecule has 38 heavy (non-hydrogen) atoms. The van der Waals surface area contributed by atoms with Crippen molar-refractivity contribution in [2.45, 2.75) is 24.8 Å². The molecule has 5 rings (SSSR count). The van der Waals surface area contributed by atoms with Gasteiger partial charge in [0.1, 0.15) is 5.75 Å². The smallest absolute Gasteiger partial charge is 0.265 e. The fraction of sp³-hybridized carbons (Fsp3) is 0.133. The number of methoxy groups -OCH3 is 1. The normalized spacial score (nSPS) is 11.4. The SMILES string of the molecule is COc1cc(C(=O)NS(=O)(=O)c2ccccc2C)ccc1Cc1cn(Cc2ccncc2)c2ccccc12. The minimum absolute atomic E-state index is 0.0695. The highest BCUT2D eigenvalue weighted by Crippen LogP contribution is 2.29. The van der Waals surface area contributed by atoms with Crippen molar-refractivity contribution in [2.24, 2.45) is 0 Å². The van der Waals surface area contributed by atoms with Gasteiger partial charge in [-0.2, -0.15) is 0 Å². The molecule has 2 heterocycles. The number of ether oxygens (including phenoxy) is 1. The van der Waals surface area contributed by atoms with E-state index in [1.54, 1.807) is 49.6 Å². The molecular weight excluding hydrogens is 498 g/mol. The maximum Gasteiger partial charge on any atom is 0.265 e. The minimum atomic E-state index is -4.01. The third-order valence-electron chi connectivity index (χ3n) is 6.51. The topological polar surface area (TPSA) is 90.3 Å². The lowest BCUT2D eigenvalue weighted by atomic mass is 10.0. The Balaban J connectivity index is 1.41. The van der Waals surface area contributed by atoms with Crippen molar-refractivity contribution in [1.82, 2.24) is 14.3 Å². The second-order valence-corrected chi connectivity index (χ2v) is 10.7. The van der Waals surface area contributed by atoms with Crippen molar-refractivity contribution in [3.8, 4) is 5.75 Å². The number of nitrogens with one attached hydrogen (secondary N) is 1. The van der Waals surface area contributed by atoms with Crippen molar-refractivity contribution >= 4 is 26.8 Å². The van der Waals surface area contributed by atoms with Crippen LogP contribution in [0, 0.1) is 6.92 Å². The number of aryl methyl sites for hydroxylation is 1. The Labute approximate surface area is 221 Å². The molecule has 0 aliphatic carbocycles. The molecule has 0 spiro atoms. The first kappa shape index (κ1) is 25.2. The van der Waals surface area contributed by atoms with E-state index in [9.17, 15) is 13.2 Å². The molecule has 0 saturated heterocycles. The van der Waals surface area contributed by atoms with Gasteiger partial charge in [0.25, 0.3) is 15.9 Å². The summed E-state index contributed by atoms with van der Waals surface area (Å²) >= 11 is 0. The summed E-state index contributed by atoms with van der Waals surface area (Å²) in [6.45, 7) is 2.40. The minimum Gasteiger partial charge on any atom is -0.496 e. The molecular formula is C30H27N3O4S. The number of rotatable bonds is 8. The number of carbonyl (C=O) groups is 1. The number of benzene rings is 3. The number of amides is 1. The van der Waals surface area contributed by atoms with Gasteiger partial charge >= 0.3 is 0 Å². The lowest BCUT2D eigenvalue weighted by Crippen LogP contribution is -2.31. The quantitative estimate of drug-likeness (QED) is 0.304. The second kappa shape index (κ2) is 10.5. The maximum atomic E-state index is 12.9. The van der Waals surface area contributed by atoms with Crippen LogP contribution in [-0.4, -0.2) is 31.0 Å². The molecule has 2 aromatic heterocycles. The zero-order chi connectivity index (χ0) is 26.7. The van der Waals surface area contributed by atoms with Gasteiger partial charge in [-0.3, -0.25) is 9.78 Å². The van der Waals surface area contributed by atoms with Crippen LogP contribution in [0.25, 0.3) is 10.9 Å². The molecule has 7 nitrogen and oxygen atoms in total. The molecule has 3 aromatic carbocycles. The Morgan fingerprint density at radius 3 is 2.45 bits per heavy atom. The number of hydrogen-bond donors (Lipinski definition) is 1. The number of sulfonamides is 1. The lowest BCUT2D eigenvalue weighted by Gasteiger charge is -2.12. The van der Waals surface area contributed by atoms with E-state index in [2.05, 4.69) is 32.6 Å². The second-order valence-electron chi connectivity index (χ2n) is 9.06. The van der Waals surface area contributed by atoms with E-state index in [-0.39, 0.29) is 10.5 Å². The van der Waals surface area contributed by atoms with Crippen molar-refractivity contribution in [3.63, 3.8) is 0 Å². The van der Waals surface area contributed by atoms with Crippen LogP contribution in [0.2, 0.25) is 0 Å². The molecule has 0 unspecified atom stereocenters. The van der Waals surface area contributed by atoms with Crippen molar-refractivity contribution in [2.75, 3.05) is 7.11 Å². The first-order chi connectivity index (χ1) is 18.4. The zero-order valence-electron chi connectivity index (χ0n) is 21.1. The number of hydrogen-bond acceptors (Lipinski definition) is 5. The lowest BCUT2D eigenvalue weighted by molar-refractivity contribution is 0.0981. The van der Waals surface area contributed by atoms with Gasteiger partial charge in [0.2, 0.25) is 0 Å². The van der Waals surface area contributed by atoms with Gasteiger partial charge < -0.3 is 9.30 Å². The third kappa shape index (κ3) is 5.17. The molecule has 1 amide bonds. The summed E-state index contributed by atoms with van der Waals surface area (Å²) in [7, 11) is -2.47. The van der Waals surface area contributed by atoms with Crippen molar-refractivity contribution < 1.29 is 17.9 Å². The van der Waals surface area contributed by atoms with Gasteiger partial charge in [0.05, 0.1) is 12.0 Å². The predicted octanol–water partition coefficient (Wildman–Crippen LogP) is 5.11. The van der Waals surface area contributed by atoms with Crippen molar-refractivity contribution in [1.29, 1.82) is 0 Å². The summed E-state index contributed by atoms with van der Waals surface area (Å²) in [6.07, 6.45) is 6.30. The molecule has 0 radical (unpaired) electrons. The fourth-order valence-electron chi connectivity index (χ4n) is 4.61. The van der Waals surface area contributed by atoms with Crippen LogP contribution in [-0.2, 0) is 23.0 Å². The van der Waals surface area contributed by atoms with E-state index >= 15 is 0 Å². The van der Waals surface area contributed by atoms with Gasteiger partial charge in [0.15, 0.2) is 0 Å². The highest BCUT2D eigenvalue weighted by atomic mass is 32.2. The van der Waals surface area contributed by atoms with E-state index in [0.717, 1.165) is 27.6 Å². The number of pyridine rings is 1. The Morgan fingerprint density at radius 2 is 1.68 bits per heavy atom. The Hall–Kier alpha value is -4.43. The van der Waals surface area contributed by atoms with E-state index in [4.69, 9.17) is 4.74 Å². The average molecular weight is 526 g/mol. The molecule has 1 N–H and O–H groups in total. The first-order valence-electron chi connectivity index (χ1n) is 12.1. The highest BCUT2D eigenvalue weighted by Gasteiger charge is 2.21. The molecule has 5 aromatic rings. The maximum absolute atomic E-state index is 12.9. The molecule has 0 saturated carbocycles. The highest BCUT2D eigenvalue weighted by molar-refractivity contribution is 7.90. The summed E-state index contributed by atoms with van der Waals surface area (Å²) in [4.78, 5) is 17.1. The third-order valence-corrected chi connectivity index (χ3v) is 8.00. The predicted molar refractivity (Wildman–Crippen MR) is 147 cm³/mol. The molecule has 0 fully saturated rings. The van der Waals surface area contributed by atoms with Gasteiger partial charge in [-0.25, -0.2) is 13.1 Å². The number of aromatic nitrogens is 2. The number of fused-ring (bicyclic) bond motifs is 1. The molecule has 0 atom stereocenters. The van der Waals surface area contributed by atoms with E-state index < -0.39 is 15.9 Å². The largest absolute Gasteiger partial charge is 0.496 e. The Kier molecular flexibility index (Phi) is 6.98. The Bertz CT molecular complexity index is 1730. The summed E-state index contributed by atoms with van der Waals surface area (Å²) in [5.74, 6) is -0.205. The van der Waals surface area contributed by atoms with Gasteiger partial charge in [-0.1, -0.05) is 42.5 Å². The number of carbonyl (C=O) groups excluding carboxylic acids is 1. The van der Waals surface area contributed by atoms with Crippen LogP contribution in [0.15, 0.2) is 102 Å². The number of nitrogens with zero attached hydrogens (tertiary/aromatic N) is 2. The number of para-hydroxylation sites is 1. The average Bonchev–Trinajstić information content (AvgIpc) is 3.26. The summed E-state index contributed by atoms with van der Waals surface area (Å²) in [5.41, 5.74) is 5.04. The van der Waals surface area contributed by atoms with Crippen LogP contribution < -0.4 is 9.46 Å². The zero-order valence-corrected chi connectivity index (χ0v) is 21.9. The van der Waals surface area contributed by atoms with Crippen LogP contribution in [0.3, 0.4) is 0 Å². The van der Waals surface area contributed by atoms with Crippen LogP contribution in [0.4, 0.5) is 0 Å². The van der Waals surface area contributed by atoms with E-state index in [1.165, 1.54) is 13.2 Å². The van der Waals surface area contributed by atoms with Crippen molar-refractivity contribution in [3.05, 3.63) is 125 Å². The summed E-state index contributed by atoms with van der Waals surface area (Å²) in [6, 6.07) is 23.8. The van der Waals surface area contributed by atoms with Gasteiger partial charge in [0, 0.05) is 48.0 Å². The van der Waals surface area contributed by atoms with E-state index in [0.29, 0.717) is 24.3 Å². The van der Waals surface area contributed by atoms with E-state index in [1.807, 2.05) is 30.3 Å². The van der Waals surface area contributed by atoms with Crippen LogP contribution in [0.1, 0.15) is 32.6 Å². The van der Waals surface area contributed by atoms with Crippen LogP contribution >= 0.6 is 0 Å². The summed E-state index contributed by atoms with van der Waals surface area (Å²) in [5, 5.41) is 1.13. The molecule has 0 bridgehead atoms. The fourth-order valence-corrected chi connectivity index (χ4v) is 5.83. The summed E-state index contributed by atoms with van der Waals surface area (Å²) < 4.78 is 35.6. The van der Waals surface area contributed by atoms with Gasteiger partial charge in [-0.05, 0) is 65.6 Å².